The molecule has 0 aromatic heterocycles. The van der Waals surface area contributed by atoms with Crippen molar-refractivity contribution in [1.82, 2.24) is 4.90 Å². The fraction of sp³-hybridized carbons (Fsp3) is 0.708. The number of benzene rings is 1. The van der Waals surface area contributed by atoms with Crippen LogP contribution in [-0.4, -0.2) is 43.6 Å². The summed E-state index contributed by atoms with van der Waals surface area (Å²) in [6, 6.07) is 5.24. The molecule has 0 saturated carbocycles. The third kappa shape index (κ3) is 9.09. The first kappa shape index (κ1) is 32.2. The quantitative estimate of drug-likeness (QED) is 0.332. The molecule has 0 radical (unpaired) electrons. The van der Waals surface area contributed by atoms with Crippen molar-refractivity contribution in [2.24, 2.45) is 0 Å². The number of likely N-dealkylation sites (tertiary alicyclic amines) is 1. The summed E-state index contributed by atoms with van der Waals surface area (Å²) in [4.78, 5) is 13.9. The minimum Gasteiger partial charge on any atom is -0.444 e. The minimum absolute atomic E-state index is 0.385. The van der Waals surface area contributed by atoms with Crippen molar-refractivity contribution in [3.05, 3.63) is 34.9 Å². The summed E-state index contributed by atoms with van der Waals surface area (Å²) in [6.45, 7) is 17.2. The molecule has 1 aromatic rings. The molecule has 1 saturated heterocycles. The molecule has 1 amide bonds. The number of carbonyl (C=O) groups is 1. The van der Waals surface area contributed by atoms with Gasteiger partial charge in [-0.1, -0.05) is 58.4 Å². The summed E-state index contributed by atoms with van der Waals surface area (Å²) >= 11 is 0. The number of aryl methyl sites for hydroxylation is 1. The summed E-state index contributed by atoms with van der Waals surface area (Å²) in [5, 5.41) is 0. The van der Waals surface area contributed by atoms with Gasteiger partial charge in [-0.15, -0.1) is 0 Å². The van der Waals surface area contributed by atoms with Crippen LogP contribution in [0.5, 0.6) is 0 Å². The van der Waals surface area contributed by atoms with Crippen LogP contribution in [0.1, 0.15) is 84.9 Å². The number of carbonyl (C=O) groups excluding carboxylic acids is 1. The van der Waals surface area contributed by atoms with Gasteiger partial charge in [0.15, 0.2) is 0 Å². The second-order valence-corrected chi connectivity index (χ2v) is 10.5. The molecule has 0 unspecified atom stereocenters. The Morgan fingerprint density at radius 2 is 1.56 bits per heavy atom. The number of halogens is 3. The van der Waals surface area contributed by atoms with Crippen LogP contribution in [0, 0.1) is 6.92 Å². The number of rotatable bonds is 4. The summed E-state index contributed by atoms with van der Waals surface area (Å²) < 4.78 is 70.1. The molecule has 6 nitrogen and oxygen atoms in total. The number of nitrogens with zero attached hydrogens (tertiary/aromatic N) is 1. The van der Waals surface area contributed by atoms with Gasteiger partial charge >= 0.3 is 21.7 Å². The first-order chi connectivity index (χ1) is 15.5. The molecule has 1 aliphatic rings. The fourth-order valence-electron chi connectivity index (χ4n) is 3.42. The van der Waals surface area contributed by atoms with Crippen LogP contribution < -0.4 is 0 Å². The average Bonchev–Trinajstić information content (AvgIpc) is 2.73. The van der Waals surface area contributed by atoms with Crippen molar-refractivity contribution in [3.8, 4) is 0 Å². The summed E-state index contributed by atoms with van der Waals surface area (Å²) in [6.07, 6.45) is 0.691. The number of hydrogen-bond acceptors (Lipinski definition) is 5. The van der Waals surface area contributed by atoms with Crippen LogP contribution in [0.15, 0.2) is 18.2 Å². The molecule has 198 valence electrons. The highest BCUT2D eigenvalue weighted by Crippen LogP contribution is 2.38. The molecule has 1 aromatic carbocycles. The number of hydrogen-bond donors (Lipinski definition) is 0. The van der Waals surface area contributed by atoms with Crippen molar-refractivity contribution in [2.45, 2.75) is 98.3 Å². The van der Waals surface area contributed by atoms with Crippen molar-refractivity contribution in [1.29, 1.82) is 0 Å². The van der Waals surface area contributed by atoms with E-state index in [0.29, 0.717) is 37.1 Å². The van der Waals surface area contributed by atoms with Crippen molar-refractivity contribution >= 4 is 16.2 Å². The topological polar surface area (TPSA) is 72.9 Å². The van der Waals surface area contributed by atoms with Gasteiger partial charge in [-0.05, 0) is 57.1 Å². The highest BCUT2D eigenvalue weighted by Gasteiger charge is 2.47. The second kappa shape index (κ2) is 12.8. The standard InChI is InChI=1S/C20H28F3NO5S.2C2H6/c1-14-6-7-16(15(12-14)13-28-30(26,27)20(21,22)23)19(5)8-10-24(11-9-19)17(25)29-18(2,3)4;2*1-2/h6-7,12H,8-11,13H2,1-5H3;2*1-2H3. The number of piperidine rings is 1. The summed E-state index contributed by atoms with van der Waals surface area (Å²) in [5.74, 6) is 0. The Hall–Kier alpha value is -1.81. The maximum Gasteiger partial charge on any atom is 0.523 e. The van der Waals surface area contributed by atoms with E-state index in [0.717, 1.165) is 5.56 Å². The monoisotopic (exact) mass is 511 g/mol. The Labute approximate surface area is 202 Å². The van der Waals surface area contributed by atoms with Crippen molar-refractivity contribution in [3.63, 3.8) is 0 Å². The molecular formula is C24H40F3NO5S. The summed E-state index contributed by atoms with van der Waals surface area (Å²) in [5.41, 5.74) is -4.66. The Kier molecular flexibility index (Phi) is 12.1. The van der Waals surface area contributed by atoms with Gasteiger partial charge in [-0.2, -0.15) is 21.6 Å². The smallest absolute Gasteiger partial charge is 0.444 e. The maximum absolute atomic E-state index is 12.6. The lowest BCUT2D eigenvalue weighted by Crippen LogP contribution is -2.46. The molecule has 1 aliphatic heterocycles. The predicted molar refractivity (Wildman–Crippen MR) is 128 cm³/mol. The third-order valence-electron chi connectivity index (χ3n) is 5.08. The molecule has 0 aliphatic carbocycles. The van der Waals surface area contributed by atoms with Gasteiger partial charge in [0.1, 0.15) is 5.60 Å². The largest absolute Gasteiger partial charge is 0.523 e. The molecule has 0 bridgehead atoms. The van der Waals surface area contributed by atoms with E-state index in [1.165, 1.54) is 0 Å². The maximum atomic E-state index is 12.6. The number of amides is 1. The molecule has 1 fully saturated rings. The van der Waals surface area contributed by atoms with E-state index in [1.54, 1.807) is 44.7 Å². The Morgan fingerprint density at radius 1 is 1.06 bits per heavy atom. The third-order valence-corrected chi connectivity index (χ3v) is 6.08. The zero-order valence-corrected chi connectivity index (χ0v) is 22.6. The molecule has 10 heteroatoms. The Balaban J connectivity index is 0.00000258. The van der Waals surface area contributed by atoms with Gasteiger partial charge in [-0.25, -0.2) is 4.79 Å². The van der Waals surface area contributed by atoms with E-state index in [9.17, 15) is 26.4 Å². The van der Waals surface area contributed by atoms with E-state index in [1.807, 2.05) is 40.7 Å². The van der Waals surface area contributed by atoms with Crippen molar-refractivity contribution < 1.29 is 35.3 Å². The molecule has 2 rings (SSSR count). The van der Waals surface area contributed by atoms with Gasteiger partial charge in [0, 0.05) is 13.1 Å². The van der Waals surface area contributed by atoms with Crippen molar-refractivity contribution in [2.75, 3.05) is 13.1 Å². The van der Waals surface area contributed by atoms with E-state index >= 15 is 0 Å². The highest BCUT2D eigenvalue weighted by atomic mass is 32.2. The second-order valence-electron chi connectivity index (χ2n) is 8.85. The lowest BCUT2D eigenvalue weighted by atomic mass is 9.72. The first-order valence-corrected chi connectivity index (χ1v) is 13.0. The average molecular weight is 512 g/mol. The first-order valence-electron chi connectivity index (χ1n) is 11.6. The zero-order chi connectivity index (χ0) is 27.0. The molecule has 0 N–H and O–H groups in total. The highest BCUT2D eigenvalue weighted by molar-refractivity contribution is 7.87. The predicted octanol–water partition coefficient (Wildman–Crippen LogP) is 6.70. The van der Waals surface area contributed by atoms with E-state index < -0.39 is 39.3 Å². The SMILES string of the molecule is CC.CC.Cc1ccc(C2(C)CCN(C(=O)OC(C)(C)C)CC2)c(COS(=O)(=O)C(F)(F)F)c1. The van der Waals surface area contributed by atoms with Crippen LogP contribution in [0.4, 0.5) is 18.0 Å². The molecular weight excluding hydrogens is 471 g/mol. The van der Waals surface area contributed by atoms with Crippen LogP contribution >= 0.6 is 0 Å². The minimum atomic E-state index is -5.68. The van der Waals surface area contributed by atoms with E-state index in [2.05, 4.69) is 4.18 Å². The van der Waals surface area contributed by atoms with Gasteiger partial charge in [-0.3, -0.25) is 4.18 Å². The van der Waals surface area contributed by atoms with Gasteiger partial charge < -0.3 is 9.64 Å². The van der Waals surface area contributed by atoms with Crippen LogP contribution in [0.3, 0.4) is 0 Å². The molecule has 0 spiro atoms. The number of ether oxygens (including phenoxy) is 1. The van der Waals surface area contributed by atoms with Crippen LogP contribution in [0.25, 0.3) is 0 Å². The van der Waals surface area contributed by atoms with E-state index in [4.69, 9.17) is 4.74 Å². The number of alkyl halides is 3. The van der Waals surface area contributed by atoms with Gasteiger partial charge in [0.2, 0.25) is 0 Å². The molecule has 34 heavy (non-hydrogen) atoms. The molecule has 1 heterocycles. The Bertz CT molecular complexity index is 885. The van der Waals surface area contributed by atoms with Crippen LogP contribution in [0.2, 0.25) is 0 Å². The summed E-state index contributed by atoms with van der Waals surface area (Å²) in [7, 11) is -5.68. The lowest BCUT2D eigenvalue weighted by molar-refractivity contribution is -0.0548. The molecule has 0 atom stereocenters. The normalized spacial score (nSPS) is 15.9. The van der Waals surface area contributed by atoms with Gasteiger partial charge in [0.25, 0.3) is 0 Å². The Morgan fingerprint density at radius 3 is 2.00 bits per heavy atom. The zero-order valence-electron chi connectivity index (χ0n) is 21.8. The van der Waals surface area contributed by atoms with Crippen LogP contribution in [-0.2, 0) is 31.1 Å². The van der Waals surface area contributed by atoms with Gasteiger partial charge in [0.05, 0.1) is 6.61 Å². The fourth-order valence-corrected chi connectivity index (χ4v) is 3.83. The lowest BCUT2D eigenvalue weighted by Gasteiger charge is -2.41. The van der Waals surface area contributed by atoms with E-state index in [-0.39, 0.29) is 0 Å².